The van der Waals surface area contributed by atoms with Gasteiger partial charge in [0.25, 0.3) is 11.8 Å². The molecule has 4 rings (SSSR count). The van der Waals surface area contributed by atoms with E-state index in [1.54, 1.807) is 27.8 Å². The van der Waals surface area contributed by atoms with Gasteiger partial charge in [-0.05, 0) is 36.8 Å². The van der Waals surface area contributed by atoms with Crippen LogP contribution in [0.25, 0.3) is 0 Å². The first-order valence-electron chi connectivity index (χ1n) is 8.46. The van der Waals surface area contributed by atoms with E-state index in [2.05, 4.69) is 10.4 Å². The van der Waals surface area contributed by atoms with Gasteiger partial charge in [0.2, 0.25) is 0 Å². The predicted octanol–water partition coefficient (Wildman–Crippen LogP) is 2.77. The summed E-state index contributed by atoms with van der Waals surface area (Å²) in [6.45, 7) is 1.68. The number of nitrogens with zero attached hydrogens (tertiary/aromatic N) is 3. The molecule has 2 amide bonds. The lowest BCUT2D eigenvalue weighted by molar-refractivity contribution is 0.0713. The SMILES string of the molecule is O=C(Nc1ccccc1)c1cc2n(n1)CCCN(C(=O)c1ccco1)C2. The van der Waals surface area contributed by atoms with Crippen molar-refractivity contribution in [1.82, 2.24) is 14.7 Å². The molecule has 1 aromatic carbocycles. The number of anilines is 1. The molecule has 7 heteroatoms. The zero-order valence-corrected chi connectivity index (χ0v) is 14.1. The summed E-state index contributed by atoms with van der Waals surface area (Å²) in [7, 11) is 0. The molecule has 132 valence electrons. The van der Waals surface area contributed by atoms with E-state index >= 15 is 0 Å². The van der Waals surface area contributed by atoms with Crippen LogP contribution in [0.4, 0.5) is 5.69 Å². The summed E-state index contributed by atoms with van der Waals surface area (Å²) in [6.07, 6.45) is 2.25. The largest absolute Gasteiger partial charge is 0.459 e. The second-order valence-corrected chi connectivity index (χ2v) is 6.12. The molecule has 1 N–H and O–H groups in total. The van der Waals surface area contributed by atoms with E-state index in [-0.39, 0.29) is 11.8 Å². The fourth-order valence-corrected chi connectivity index (χ4v) is 3.02. The van der Waals surface area contributed by atoms with Crippen LogP contribution in [0.2, 0.25) is 0 Å². The highest BCUT2D eigenvalue weighted by Crippen LogP contribution is 2.17. The van der Waals surface area contributed by atoms with E-state index in [0.29, 0.717) is 31.1 Å². The highest BCUT2D eigenvalue weighted by molar-refractivity contribution is 6.02. The monoisotopic (exact) mass is 350 g/mol. The van der Waals surface area contributed by atoms with Gasteiger partial charge in [-0.2, -0.15) is 5.10 Å². The Morgan fingerprint density at radius 2 is 1.92 bits per heavy atom. The molecule has 2 aromatic heterocycles. The summed E-state index contributed by atoms with van der Waals surface area (Å²) in [6, 6.07) is 14.3. The molecule has 0 bridgehead atoms. The van der Waals surface area contributed by atoms with Gasteiger partial charge in [0, 0.05) is 18.8 Å². The second kappa shape index (κ2) is 6.87. The van der Waals surface area contributed by atoms with Gasteiger partial charge in [0.05, 0.1) is 18.5 Å². The number of para-hydroxylation sites is 1. The van der Waals surface area contributed by atoms with Gasteiger partial charge in [0.1, 0.15) is 0 Å². The van der Waals surface area contributed by atoms with E-state index in [1.165, 1.54) is 6.26 Å². The van der Waals surface area contributed by atoms with Gasteiger partial charge in [-0.15, -0.1) is 0 Å². The molecular formula is C19H18N4O3. The molecule has 0 spiro atoms. The van der Waals surface area contributed by atoms with Crippen LogP contribution >= 0.6 is 0 Å². The molecule has 3 heterocycles. The lowest BCUT2D eigenvalue weighted by Crippen LogP contribution is -2.30. The van der Waals surface area contributed by atoms with Crippen LogP contribution in [0.5, 0.6) is 0 Å². The van der Waals surface area contributed by atoms with Crippen molar-refractivity contribution >= 4 is 17.5 Å². The van der Waals surface area contributed by atoms with E-state index in [9.17, 15) is 9.59 Å². The summed E-state index contributed by atoms with van der Waals surface area (Å²) in [5, 5.41) is 7.24. The third-order valence-corrected chi connectivity index (χ3v) is 4.30. The van der Waals surface area contributed by atoms with Gasteiger partial charge >= 0.3 is 0 Å². The number of hydrogen-bond acceptors (Lipinski definition) is 4. The van der Waals surface area contributed by atoms with Gasteiger partial charge in [-0.25, -0.2) is 0 Å². The molecule has 0 aliphatic carbocycles. The van der Waals surface area contributed by atoms with Crippen molar-refractivity contribution < 1.29 is 14.0 Å². The highest BCUT2D eigenvalue weighted by atomic mass is 16.3. The molecule has 0 radical (unpaired) electrons. The quantitative estimate of drug-likeness (QED) is 0.788. The Morgan fingerprint density at radius 1 is 1.08 bits per heavy atom. The van der Waals surface area contributed by atoms with Crippen LogP contribution in [-0.4, -0.2) is 33.0 Å². The summed E-state index contributed by atoms with van der Waals surface area (Å²) < 4.78 is 7.01. The first-order valence-corrected chi connectivity index (χ1v) is 8.46. The number of furan rings is 1. The van der Waals surface area contributed by atoms with Crippen LogP contribution in [0.1, 0.15) is 33.2 Å². The lowest BCUT2D eigenvalue weighted by atomic mass is 10.2. The molecular weight excluding hydrogens is 332 g/mol. The van der Waals surface area contributed by atoms with Crippen LogP contribution in [0, 0.1) is 0 Å². The van der Waals surface area contributed by atoms with Gasteiger partial charge in [-0.3, -0.25) is 14.3 Å². The van der Waals surface area contributed by atoms with Gasteiger partial charge in [-0.1, -0.05) is 18.2 Å². The topological polar surface area (TPSA) is 80.4 Å². The number of nitrogens with one attached hydrogen (secondary N) is 1. The number of hydrogen-bond donors (Lipinski definition) is 1. The molecule has 1 aliphatic rings. The fraction of sp³-hybridized carbons (Fsp3) is 0.211. The minimum absolute atomic E-state index is 0.153. The molecule has 3 aromatic rings. The van der Waals surface area contributed by atoms with Crippen LogP contribution in [0.15, 0.2) is 59.2 Å². The molecule has 0 unspecified atom stereocenters. The second-order valence-electron chi connectivity index (χ2n) is 6.12. The number of benzene rings is 1. The Balaban J connectivity index is 1.52. The summed E-state index contributed by atoms with van der Waals surface area (Å²) >= 11 is 0. The van der Waals surface area contributed by atoms with Crippen molar-refractivity contribution in [3.05, 3.63) is 71.9 Å². The molecule has 0 saturated heterocycles. The zero-order valence-electron chi connectivity index (χ0n) is 14.1. The van der Waals surface area contributed by atoms with E-state index in [0.717, 1.165) is 17.8 Å². The Hall–Kier alpha value is -3.35. The Bertz CT molecular complexity index is 916. The smallest absolute Gasteiger partial charge is 0.289 e. The average molecular weight is 350 g/mol. The summed E-state index contributed by atoms with van der Waals surface area (Å²) in [5.74, 6) is -0.0966. The number of aryl methyl sites for hydroxylation is 1. The minimum atomic E-state index is -0.263. The van der Waals surface area contributed by atoms with Crippen LogP contribution in [0.3, 0.4) is 0 Å². The molecule has 0 fully saturated rings. The maximum Gasteiger partial charge on any atom is 0.289 e. The van der Waals surface area contributed by atoms with E-state index < -0.39 is 0 Å². The molecule has 0 atom stereocenters. The number of aromatic nitrogens is 2. The van der Waals surface area contributed by atoms with Crippen LogP contribution in [-0.2, 0) is 13.1 Å². The van der Waals surface area contributed by atoms with Gasteiger partial charge < -0.3 is 14.6 Å². The van der Waals surface area contributed by atoms with Crippen molar-refractivity contribution in [3.63, 3.8) is 0 Å². The number of carbonyl (C=O) groups is 2. The highest BCUT2D eigenvalue weighted by Gasteiger charge is 2.24. The normalized spacial score (nSPS) is 13.8. The third kappa shape index (κ3) is 3.23. The number of fused-ring (bicyclic) bond motifs is 1. The fourth-order valence-electron chi connectivity index (χ4n) is 3.02. The Kier molecular flexibility index (Phi) is 4.27. The lowest BCUT2D eigenvalue weighted by Gasteiger charge is -2.18. The van der Waals surface area contributed by atoms with E-state index in [1.807, 2.05) is 30.3 Å². The van der Waals surface area contributed by atoms with Crippen LogP contribution < -0.4 is 5.32 Å². The zero-order chi connectivity index (χ0) is 17.9. The predicted molar refractivity (Wildman–Crippen MR) is 94.7 cm³/mol. The van der Waals surface area contributed by atoms with Gasteiger partial charge in [0.15, 0.2) is 11.5 Å². The summed E-state index contributed by atoms with van der Waals surface area (Å²) in [5.41, 5.74) is 1.90. The Labute approximate surface area is 150 Å². The molecule has 0 saturated carbocycles. The van der Waals surface area contributed by atoms with Crippen molar-refractivity contribution in [2.24, 2.45) is 0 Å². The molecule has 26 heavy (non-hydrogen) atoms. The summed E-state index contributed by atoms with van der Waals surface area (Å²) in [4.78, 5) is 26.7. The number of rotatable bonds is 3. The minimum Gasteiger partial charge on any atom is -0.459 e. The number of amides is 2. The average Bonchev–Trinajstić information content (AvgIpc) is 3.28. The number of carbonyl (C=O) groups excluding carboxylic acids is 2. The maximum atomic E-state index is 12.5. The molecule has 7 nitrogen and oxygen atoms in total. The Morgan fingerprint density at radius 3 is 2.69 bits per heavy atom. The van der Waals surface area contributed by atoms with Crippen molar-refractivity contribution in [2.45, 2.75) is 19.5 Å². The standard InChI is InChI=1S/C19H18N4O3/c24-18(20-14-6-2-1-3-7-14)16-12-15-13-22(9-5-10-23(15)21-16)19(25)17-8-4-11-26-17/h1-4,6-8,11-12H,5,9-10,13H2,(H,20,24). The molecule has 1 aliphatic heterocycles. The third-order valence-electron chi connectivity index (χ3n) is 4.30. The maximum absolute atomic E-state index is 12.5. The van der Waals surface area contributed by atoms with E-state index in [4.69, 9.17) is 4.42 Å². The van der Waals surface area contributed by atoms with Crippen molar-refractivity contribution in [1.29, 1.82) is 0 Å². The first kappa shape index (κ1) is 16.1. The van der Waals surface area contributed by atoms with Crippen molar-refractivity contribution in [2.75, 3.05) is 11.9 Å². The first-order chi connectivity index (χ1) is 12.7. The van der Waals surface area contributed by atoms with Crippen molar-refractivity contribution in [3.8, 4) is 0 Å².